The molecule has 35 heavy (non-hydrogen) atoms. The second-order valence-corrected chi connectivity index (χ2v) is 8.66. The number of halogens is 1. The zero-order valence-corrected chi connectivity index (χ0v) is 19.7. The standard InChI is InChI=1S/C27H29FN4O3/c1-20(34)29-23-7-9-24(10-8-23)32-25(11-13-26(32)21-3-5-22(28)6-4-21)12-14-27(35)31-16-2-15-30(19-33)17-18-31/h3-11,13,19H,2,12,14-18H2,1H3,(H,29,34). The molecule has 3 amide bonds. The normalized spacial score (nSPS) is 13.9. The molecule has 0 aliphatic carbocycles. The van der Waals surface area contributed by atoms with E-state index in [2.05, 4.69) is 9.88 Å². The van der Waals surface area contributed by atoms with Crippen LogP contribution in [0.1, 0.15) is 25.5 Å². The van der Waals surface area contributed by atoms with Gasteiger partial charge in [0.15, 0.2) is 0 Å². The molecule has 1 aromatic heterocycles. The van der Waals surface area contributed by atoms with Crippen molar-refractivity contribution in [2.45, 2.75) is 26.2 Å². The highest BCUT2D eigenvalue weighted by molar-refractivity contribution is 5.88. The molecule has 1 N–H and O–H groups in total. The molecule has 0 saturated carbocycles. The first kappa shape index (κ1) is 24.2. The van der Waals surface area contributed by atoms with Crippen molar-refractivity contribution < 1.29 is 18.8 Å². The molecule has 0 atom stereocenters. The molecule has 4 rings (SSSR count). The van der Waals surface area contributed by atoms with Gasteiger partial charge in [-0.25, -0.2) is 4.39 Å². The number of nitrogens with one attached hydrogen (secondary N) is 1. The van der Waals surface area contributed by atoms with Crippen LogP contribution in [-0.4, -0.2) is 58.8 Å². The largest absolute Gasteiger partial charge is 0.343 e. The molecule has 1 saturated heterocycles. The predicted molar refractivity (Wildman–Crippen MR) is 133 cm³/mol. The average molecular weight is 477 g/mol. The topological polar surface area (TPSA) is 74.7 Å². The molecule has 0 spiro atoms. The lowest BCUT2D eigenvalue weighted by molar-refractivity contribution is -0.131. The summed E-state index contributed by atoms with van der Waals surface area (Å²) in [6.45, 7) is 3.88. The highest BCUT2D eigenvalue weighted by Crippen LogP contribution is 2.28. The Bertz CT molecular complexity index is 1190. The van der Waals surface area contributed by atoms with Gasteiger partial charge in [0.1, 0.15) is 5.82 Å². The Hall–Kier alpha value is -3.94. The van der Waals surface area contributed by atoms with E-state index in [1.165, 1.54) is 19.1 Å². The van der Waals surface area contributed by atoms with Crippen molar-refractivity contribution >= 4 is 23.9 Å². The lowest BCUT2D eigenvalue weighted by Gasteiger charge is -2.21. The van der Waals surface area contributed by atoms with Crippen molar-refractivity contribution in [1.82, 2.24) is 14.4 Å². The van der Waals surface area contributed by atoms with Crippen LogP contribution < -0.4 is 5.32 Å². The maximum Gasteiger partial charge on any atom is 0.223 e. The highest BCUT2D eigenvalue weighted by Gasteiger charge is 2.20. The molecule has 2 aromatic carbocycles. The summed E-state index contributed by atoms with van der Waals surface area (Å²) in [7, 11) is 0. The summed E-state index contributed by atoms with van der Waals surface area (Å²) in [5.74, 6) is -0.382. The number of benzene rings is 2. The van der Waals surface area contributed by atoms with Gasteiger partial charge >= 0.3 is 0 Å². The summed E-state index contributed by atoms with van der Waals surface area (Å²) in [5, 5.41) is 2.77. The Balaban J connectivity index is 1.58. The number of amides is 3. The third kappa shape index (κ3) is 5.95. The number of rotatable bonds is 7. The van der Waals surface area contributed by atoms with Crippen LogP contribution in [-0.2, 0) is 20.8 Å². The van der Waals surface area contributed by atoms with Crippen molar-refractivity contribution in [2.24, 2.45) is 0 Å². The number of hydrogen-bond donors (Lipinski definition) is 1. The first-order valence-electron chi connectivity index (χ1n) is 11.8. The van der Waals surface area contributed by atoms with E-state index >= 15 is 0 Å². The van der Waals surface area contributed by atoms with E-state index < -0.39 is 0 Å². The fourth-order valence-electron chi connectivity index (χ4n) is 4.41. The van der Waals surface area contributed by atoms with Gasteiger partial charge in [-0.05, 0) is 79.1 Å². The average Bonchev–Trinajstić information content (AvgIpc) is 3.11. The van der Waals surface area contributed by atoms with Crippen molar-refractivity contribution in [1.29, 1.82) is 0 Å². The quantitative estimate of drug-likeness (QED) is 0.526. The second-order valence-electron chi connectivity index (χ2n) is 8.66. The molecule has 2 heterocycles. The number of aryl methyl sites for hydroxylation is 1. The molecular formula is C27H29FN4O3. The molecule has 1 aliphatic heterocycles. The van der Waals surface area contributed by atoms with Crippen molar-refractivity contribution in [3.8, 4) is 16.9 Å². The Morgan fingerprint density at radius 1 is 0.943 bits per heavy atom. The minimum absolute atomic E-state index is 0.0647. The predicted octanol–water partition coefficient (Wildman–Crippen LogP) is 3.87. The van der Waals surface area contributed by atoms with E-state index in [1.54, 1.807) is 17.0 Å². The minimum Gasteiger partial charge on any atom is -0.343 e. The van der Waals surface area contributed by atoms with Crippen LogP contribution in [0.4, 0.5) is 10.1 Å². The number of hydrogen-bond acceptors (Lipinski definition) is 3. The van der Waals surface area contributed by atoms with Crippen molar-refractivity contribution in [3.05, 3.63) is 72.2 Å². The zero-order valence-electron chi connectivity index (χ0n) is 19.7. The van der Waals surface area contributed by atoms with Crippen LogP contribution >= 0.6 is 0 Å². The molecule has 0 bridgehead atoms. The van der Waals surface area contributed by atoms with Crippen LogP contribution in [0, 0.1) is 5.82 Å². The van der Waals surface area contributed by atoms with Crippen LogP contribution in [0.5, 0.6) is 0 Å². The number of nitrogens with zero attached hydrogens (tertiary/aromatic N) is 3. The van der Waals surface area contributed by atoms with Gasteiger partial charge in [-0.1, -0.05) is 0 Å². The molecule has 0 unspecified atom stereocenters. The summed E-state index contributed by atoms with van der Waals surface area (Å²) in [6, 6.07) is 17.8. The van der Waals surface area contributed by atoms with E-state index in [-0.39, 0.29) is 17.6 Å². The van der Waals surface area contributed by atoms with Crippen LogP contribution in [0.2, 0.25) is 0 Å². The van der Waals surface area contributed by atoms with Crippen molar-refractivity contribution in [2.75, 3.05) is 31.5 Å². The zero-order chi connectivity index (χ0) is 24.8. The van der Waals surface area contributed by atoms with Gasteiger partial charge in [0.2, 0.25) is 18.2 Å². The first-order valence-corrected chi connectivity index (χ1v) is 11.8. The third-order valence-corrected chi connectivity index (χ3v) is 6.17. The fraction of sp³-hybridized carbons (Fsp3) is 0.296. The van der Waals surface area contributed by atoms with Crippen LogP contribution in [0.15, 0.2) is 60.7 Å². The van der Waals surface area contributed by atoms with Gasteiger partial charge in [-0.3, -0.25) is 14.4 Å². The van der Waals surface area contributed by atoms with Gasteiger partial charge in [0.05, 0.1) is 5.69 Å². The number of aromatic nitrogens is 1. The summed E-state index contributed by atoms with van der Waals surface area (Å²) in [4.78, 5) is 38.9. The maximum atomic E-state index is 13.5. The number of carbonyl (C=O) groups excluding carboxylic acids is 3. The summed E-state index contributed by atoms with van der Waals surface area (Å²) >= 11 is 0. The van der Waals surface area contributed by atoms with E-state index in [1.807, 2.05) is 41.3 Å². The Morgan fingerprint density at radius 2 is 1.69 bits per heavy atom. The number of anilines is 1. The lowest BCUT2D eigenvalue weighted by atomic mass is 10.1. The monoisotopic (exact) mass is 476 g/mol. The molecule has 1 aliphatic rings. The minimum atomic E-state index is -0.303. The Morgan fingerprint density at radius 3 is 2.37 bits per heavy atom. The van der Waals surface area contributed by atoms with Crippen LogP contribution in [0.25, 0.3) is 16.9 Å². The summed E-state index contributed by atoms with van der Waals surface area (Å²) in [6.07, 6.45) is 2.49. The van der Waals surface area contributed by atoms with Crippen molar-refractivity contribution in [3.63, 3.8) is 0 Å². The summed E-state index contributed by atoms with van der Waals surface area (Å²) in [5.41, 5.74) is 4.27. The van der Waals surface area contributed by atoms with Gasteiger partial charge in [-0.2, -0.15) is 0 Å². The smallest absolute Gasteiger partial charge is 0.223 e. The van der Waals surface area contributed by atoms with E-state index in [4.69, 9.17) is 0 Å². The lowest BCUT2D eigenvalue weighted by Crippen LogP contribution is -2.35. The molecule has 0 radical (unpaired) electrons. The van der Waals surface area contributed by atoms with Gasteiger partial charge < -0.3 is 19.7 Å². The molecule has 7 nitrogen and oxygen atoms in total. The molecule has 8 heteroatoms. The third-order valence-electron chi connectivity index (χ3n) is 6.17. The SMILES string of the molecule is CC(=O)Nc1ccc(-n2c(CCC(=O)N3CCCN(C=O)CC3)ccc2-c2ccc(F)cc2)cc1. The molecule has 1 fully saturated rings. The fourth-order valence-corrected chi connectivity index (χ4v) is 4.41. The first-order chi connectivity index (χ1) is 16.9. The van der Waals surface area contributed by atoms with Gasteiger partial charge in [-0.15, -0.1) is 0 Å². The van der Waals surface area contributed by atoms with E-state index in [9.17, 15) is 18.8 Å². The van der Waals surface area contributed by atoms with Gasteiger partial charge in [0.25, 0.3) is 0 Å². The Kier molecular flexibility index (Phi) is 7.60. The van der Waals surface area contributed by atoms with E-state index in [0.29, 0.717) is 44.7 Å². The molecular weight excluding hydrogens is 447 g/mol. The molecule has 3 aromatic rings. The molecule has 182 valence electrons. The second kappa shape index (κ2) is 11.0. The Labute approximate surface area is 204 Å². The maximum absolute atomic E-state index is 13.5. The van der Waals surface area contributed by atoms with E-state index in [0.717, 1.165) is 35.5 Å². The highest BCUT2D eigenvalue weighted by atomic mass is 19.1. The summed E-state index contributed by atoms with van der Waals surface area (Å²) < 4.78 is 15.6. The number of carbonyl (C=O) groups is 3. The van der Waals surface area contributed by atoms with Gasteiger partial charge in [0, 0.05) is 56.6 Å². The van der Waals surface area contributed by atoms with Crippen LogP contribution in [0.3, 0.4) is 0 Å².